The molecule has 3 rings (SSSR count). The van der Waals surface area contributed by atoms with Crippen molar-refractivity contribution in [2.24, 2.45) is 0 Å². The molecule has 5 nitrogen and oxygen atoms in total. The molecule has 1 amide bonds. The first-order valence-electron chi connectivity index (χ1n) is 6.54. The fourth-order valence-electron chi connectivity index (χ4n) is 2.27. The van der Waals surface area contributed by atoms with E-state index < -0.39 is 11.6 Å². The molecule has 0 atom stereocenters. The number of nitrogens with zero attached hydrogens (tertiary/aromatic N) is 2. The standard InChI is InChI=1S/C15H12F2N4O/c1-7-8(15(22)18-2)3-4-12(19-7)14-9-5-10(16)11(17)6-13(9)20-21-14/h3-6H,1-2H3,(H,18,22)(H,20,21). The zero-order valence-corrected chi connectivity index (χ0v) is 11.9. The van der Waals surface area contributed by atoms with E-state index in [-0.39, 0.29) is 5.91 Å². The Kier molecular flexibility index (Phi) is 3.32. The number of pyridine rings is 1. The molecule has 0 fully saturated rings. The highest BCUT2D eigenvalue weighted by Gasteiger charge is 2.15. The van der Waals surface area contributed by atoms with E-state index in [1.54, 1.807) is 19.1 Å². The van der Waals surface area contributed by atoms with Crippen molar-refractivity contribution in [2.45, 2.75) is 6.92 Å². The van der Waals surface area contributed by atoms with Crippen molar-refractivity contribution in [2.75, 3.05) is 7.05 Å². The summed E-state index contributed by atoms with van der Waals surface area (Å²) in [5.74, 6) is -2.13. The van der Waals surface area contributed by atoms with Gasteiger partial charge in [-0.15, -0.1) is 0 Å². The molecule has 0 aliphatic heterocycles. The van der Waals surface area contributed by atoms with Crippen LogP contribution in [-0.4, -0.2) is 28.1 Å². The number of amides is 1. The van der Waals surface area contributed by atoms with Gasteiger partial charge in [-0.25, -0.2) is 8.78 Å². The number of halogens is 2. The smallest absolute Gasteiger partial charge is 0.252 e. The first-order chi connectivity index (χ1) is 10.5. The molecular formula is C15H12F2N4O. The third-order valence-corrected chi connectivity index (χ3v) is 3.40. The lowest BCUT2D eigenvalue weighted by Crippen LogP contribution is -2.19. The molecule has 7 heteroatoms. The van der Waals surface area contributed by atoms with Gasteiger partial charge in [0.05, 0.1) is 22.5 Å². The van der Waals surface area contributed by atoms with Gasteiger partial charge in [-0.3, -0.25) is 14.9 Å². The van der Waals surface area contributed by atoms with Crippen molar-refractivity contribution in [3.8, 4) is 11.4 Å². The summed E-state index contributed by atoms with van der Waals surface area (Å²) in [4.78, 5) is 16.0. The van der Waals surface area contributed by atoms with Crippen molar-refractivity contribution in [1.82, 2.24) is 20.5 Å². The second-order valence-electron chi connectivity index (χ2n) is 4.79. The fourth-order valence-corrected chi connectivity index (χ4v) is 2.27. The van der Waals surface area contributed by atoms with Crippen LogP contribution in [0.15, 0.2) is 24.3 Å². The zero-order chi connectivity index (χ0) is 15.9. The molecule has 112 valence electrons. The number of hydrogen-bond donors (Lipinski definition) is 2. The van der Waals surface area contributed by atoms with Crippen LogP contribution in [0.1, 0.15) is 16.1 Å². The quantitative estimate of drug-likeness (QED) is 0.764. The van der Waals surface area contributed by atoms with Gasteiger partial charge in [0.25, 0.3) is 5.91 Å². The third kappa shape index (κ3) is 2.20. The molecule has 0 saturated carbocycles. The topological polar surface area (TPSA) is 70.7 Å². The predicted octanol–water partition coefficient (Wildman–Crippen LogP) is 2.57. The highest BCUT2D eigenvalue weighted by atomic mass is 19.2. The maximum Gasteiger partial charge on any atom is 0.252 e. The van der Waals surface area contributed by atoms with E-state index in [1.165, 1.54) is 7.05 Å². The third-order valence-electron chi connectivity index (χ3n) is 3.40. The van der Waals surface area contributed by atoms with E-state index in [9.17, 15) is 13.6 Å². The summed E-state index contributed by atoms with van der Waals surface area (Å²) < 4.78 is 26.6. The molecule has 0 saturated heterocycles. The highest BCUT2D eigenvalue weighted by molar-refractivity contribution is 5.96. The maximum atomic E-state index is 13.4. The Labute approximate surface area is 124 Å². The van der Waals surface area contributed by atoms with Gasteiger partial charge in [0.2, 0.25) is 0 Å². The number of rotatable bonds is 2. The number of H-pyrrole nitrogens is 1. The monoisotopic (exact) mass is 302 g/mol. The Balaban J connectivity index is 2.14. The minimum absolute atomic E-state index is 0.239. The van der Waals surface area contributed by atoms with Crippen LogP contribution >= 0.6 is 0 Å². The Bertz CT molecular complexity index is 889. The molecule has 0 aliphatic rings. The Morgan fingerprint density at radius 2 is 1.95 bits per heavy atom. The number of carbonyl (C=O) groups excluding carboxylic acids is 1. The second kappa shape index (κ2) is 5.18. The number of aromatic nitrogens is 3. The molecule has 0 radical (unpaired) electrons. The minimum Gasteiger partial charge on any atom is -0.355 e. The molecule has 2 aromatic heterocycles. The zero-order valence-electron chi connectivity index (χ0n) is 11.9. The lowest BCUT2D eigenvalue weighted by molar-refractivity contribution is 0.0962. The van der Waals surface area contributed by atoms with Crippen LogP contribution in [0.25, 0.3) is 22.3 Å². The lowest BCUT2D eigenvalue weighted by Gasteiger charge is -2.05. The second-order valence-corrected chi connectivity index (χ2v) is 4.79. The van der Waals surface area contributed by atoms with Crippen molar-refractivity contribution in [3.63, 3.8) is 0 Å². The molecule has 22 heavy (non-hydrogen) atoms. The molecule has 2 N–H and O–H groups in total. The van der Waals surface area contributed by atoms with Crippen molar-refractivity contribution >= 4 is 16.8 Å². The van der Waals surface area contributed by atoms with Gasteiger partial charge in [0.1, 0.15) is 5.69 Å². The Morgan fingerprint density at radius 1 is 1.23 bits per heavy atom. The van der Waals surface area contributed by atoms with E-state index in [2.05, 4.69) is 20.5 Å². The number of aromatic amines is 1. The van der Waals surface area contributed by atoms with Gasteiger partial charge in [-0.05, 0) is 25.1 Å². The summed E-state index contributed by atoms with van der Waals surface area (Å²) in [5, 5.41) is 9.67. The molecule has 1 aromatic carbocycles. The van der Waals surface area contributed by atoms with Crippen LogP contribution in [0.3, 0.4) is 0 Å². The Hall–Kier alpha value is -2.83. The van der Waals surface area contributed by atoms with Crippen molar-refractivity contribution < 1.29 is 13.6 Å². The Morgan fingerprint density at radius 3 is 2.64 bits per heavy atom. The first kappa shape index (κ1) is 14.1. The van der Waals surface area contributed by atoms with E-state index in [4.69, 9.17) is 0 Å². The van der Waals surface area contributed by atoms with Crippen LogP contribution in [0.4, 0.5) is 8.78 Å². The van der Waals surface area contributed by atoms with E-state index in [1.807, 2.05) is 0 Å². The molecular weight excluding hydrogens is 290 g/mol. The van der Waals surface area contributed by atoms with E-state index in [0.29, 0.717) is 33.5 Å². The summed E-state index contributed by atoms with van der Waals surface area (Å²) in [7, 11) is 1.54. The van der Waals surface area contributed by atoms with E-state index >= 15 is 0 Å². The number of aryl methyl sites for hydroxylation is 1. The number of nitrogens with one attached hydrogen (secondary N) is 2. The normalized spacial score (nSPS) is 10.9. The number of fused-ring (bicyclic) bond motifs is 1. The van der Waals surface area contributed by atoms with E-state index in [0.717, 1.165) is 12.1 Å². The maximum absolute atomic E-state index is 13.4. The number of hydrogen-bond acceptors (Lipinski definition) is 3. The lowest BCUT2D eigenvalue weighted by atomic mass is 10.1. The summed E-state index contributed by atoms with van der Waals surface area (Å²) in [6.07, 6.45) is 0. The van der Waals surface area contributed by atoms with Gasteiger partial charge >= 0.3 is 0 Å². The first-order valence-corrected chi connectivity index (χ1v) is 6.54. The van der Waals surface area contributed by atoms with Gasteiger partial charge in [-0.2, -0.15) is 5.10 Å². The van der Waals surface area contributed by atoms with Gasteiger partial charge in [0, 0.05) is 18.5 Å². The fraction of sp³-hybridized carbons (Fsp3) is 0.133. The van der Waals surface area contributed by atoms with Gasteiger partial charge < -0.3 is 5.32 Å². The van der Waals surface area contributed by atoms with Gasteiger partial charge in [0.15, 0.2) is 11.6 Å². The SMILES string of the molecule is CNC(=O)c1ccc(-c2n[nH]c3cc(F)c(F)cc23)nc1C. The number of benzene rings is 1. The van der Waals surface area contributed by atoms with Crippen LogP contribution in [0.5, 0.6) is 0 Å². The summed E-state index contributed by atoms with van der Waals surface area (Å²) >= 11 is 0. The summed E-state index contributed by atoms with van der Waals surface area (Å²) in [6.45, 7) is 1.70. The molecule has 3 aromatic rings. The van der Waals surface area contributed by atoms with Crippen LogP contribution in [-0.2, 0) is 0 Å². The van der Waals surface area contributed by atoms with Crippen molar-refractivity contribution in [1.29, 1.82) is 0 Å². The highest BCUT2D eigenvalue weighted by Crippen LogP contribution is 2.27. The number of carbonyl (C=O) groups is 1. The largest absolute Gasteiger partial charge is 0.355 e. The predicted molar refractivity (Wildman–Crippen MR) is 77.4 cm³/mol. The van der Waals surface area contributed by atoms with Gasteiger partial charge in [-0.1, -0.05) is 0 Å². The summed E-state index contributed by atoms with van der Waals surface area (Å²) in [5.41, 5.74) is 2.23. The average molecular weight is 302 g/mol. The molecule has 2 heterocycles. The summed E-state index contributed by atoms with van der Waals surface area (Å²) in [6, 6.07) is 5.37. The molecule has 0 unspecified atom stereocenters. The molecule has 0 bridgehead atoms. The van der Waals surface area contributed by atoms with Crippen LogP contribution in [0.2, 0.25) is 0 Å². The molecule has 0 spiro atoms. The van der Waals surface area contributed by atoms with Crippen LogP contribution < -0.4 is 5.32 Å². The van der Waals surface area contributed by atoms with Crippen molar-refractivity contribution in [3.05, 3.63) is 47.2 Å². The van der Waals surface area contributed by atoms with Crippen LogP contribution in [0, 0.1) is 18.6 Å². The minimum atomic E-state index is -0.950. The average Bonchev–Trinajstić information content (AvgIpc) is 2.89. The molecule has 0 aliphatic carbocycles.